The molecular formula is C22H22ClN3O5. The number of aliphatic carboxylic acids is 1. The number of carboxylic acids is 1. The number of nitrogens with one attached hydrogen (secondary N) is 2. The van der Waals surface area contributed by atoms with Crippen LogP contribution in [0.15, 0.2) is 48.5 Å². The Balaban J connectivity index is 1.60. The molecule has 31 heavy (non-hydrogen) atoms. The fraction of sp³-hybridized carbons (Fsp3) is 0.273. The monoisotopic (exact) mass is 443 g/mol. The van der Waals surface area contributed by atoms with Crippen molar-refractivity contribution in [3.63, 3.8) is 0 Å². The fourth-order valence-corrected chi connectivity index (χ4v) is 3.37. The topological polar surface area (TPSA) is 116 Å². The molecule has 0 bridgehead atoms. The first kappa shape index (κ1) is 22.3. The predicted molar refractivity (Wildman–Crippen MR) is 116 cm³/mol. The van der Waals surface area contributed by atoms with Gasteiger partial charge in [0.2, 0.25) is 11.8 Å². The number of nitrogens with zero attached hydrogens (tertiary/aromatic N) is 1. The summed E-state index contributed by atoms with van der Waals surface area (Å²) >= 11 is 5.79. The summed E-state index contributed by atoms with van der Waals surface area (Å²) < 4.78 is 0. The van der Waals surface area contributed by atoms with Gasteiger partial charge in [-0.05, 0) is 61.4 Å². The zero-order valence-electron chi connectivity index (χ0n) is 16.6. The van der Waals surface area contributed by atoms with Crippen LogP contribution in [0.4, 0.5) is 11.4 Å². The second kappa shape index (κ2) is 10.1. The molecule has 1 fully saturated rings. The lowest BCUT2D eigenvalue weighted by atomic mass is 10.1. The molecule has 3 amide bonds. The SMILES string of the molecule is O=C(CC(NC(=O)c1ccc(N2CCCCC2=O)cc1)C(=O)O)Nc1ccc(Cl)cc1. The Morgan fingerprint density at radius 3 is 2.32 bits per heavy atom. The van der Waals surface area contributed by atoms with Crippen molar-refractivity contribution in [1.82, 2.24) is 5.32 Å². The quantitative estimate of drug-likeness (QED) is 0.608. The Kier molecular flexibility index (Phi) is 7.25. The lowest BCUT2D eigenvalue weighted by Crippen LogP contribution is -2.43. The Hall–Kier alpha value is -3.39. The van der Waals surface area contributed by atoms with Gasteiger partial charge in [0.05, 0.1) is 6.42 Å². The maximum atomic E-state index is 12.5. The van der Waals surface area contributed by atoms with Crippen LogP contribution in [0.3, 0.4) is 0 Å². The lowest BCUT2D eigenvalue weighted by Gasteiger charge is -2.26. The molecule has 1 saturated heterocycles. The van der Waals surface area contributed by atoms with Crippen molar-refractivity contribution >= 4 is 46.7 Å². The molecule has 3 rings (SSSR count). The van der Waals surface area contributed by atoms with Gasteiger partial charge in [0.15, 0.2) is 0 Å². The third kappa shape index (κ3) is 6.05. The van der Waals surface area contributed by atoms with Gasteiger partial charge in [-0.1, -0.05) is 11.6 Å². The van der Waals surface area contributed by atoms with E-state index in [-0.39, 0.29) is 11.5 Å². The van der Waals surface area contributed by atoms with Gasteiger partial charge in [-0.3, -0.25) is 14.4 Å². The molecular weight excluding hydrogens is 422 g/mol. The van der Waals surface area contributed by atoms with Crippen molar-refractivity contribution in [2.75, 3.05) is 16.8 Å². The summed E-state index contributed by atoms with van der Waals surface area (Å²) in [6.07, 6.45) is 1.86. The molecule has 3 N–H and O–H groups in total. The highest BCUT2D eigenvalue weighted by Gasteiger charge is 2.24. The standard InChI is InChI=1S/C22H22ClN3O5/c23-15-6-8-16(9-7-15)24-19(27)13-18(22(30)31)25-21(29)14-4-10-17(11-5-14)26-12-2-1-3-20(26)28/h4-11,18H,1-3,12-13H2,(H,24,27)(H,25,29)(H,30,31). The number of carbonyl (C=O) groups excluding carboxylic acids is 3. The second-order valence-corrected chi connectivity index (χ2v) is 7.61. The van der Waals surface area contributed by atoms with Crippen LogP contribution in [0.25, 0.3) is 0 Å². The average Bonchev–Trinajstić information content (AvgIpc) is 2.75. The summed E-state index contributed by atoms with van der Waals surface area (Å²) in [5.41, 5.74) is 1.39. The van der Waals surface area contributed by atoms with Crippen LogP contribution in [-0.2, 0) is 14.4 Å². The zero-order chi connectivity index (χ0) is 22.4. The molecule has 9 heteroatoms. The first-order valence-electron chi connectivity index (χ1n) is 9.83. The van der Waals surface area contributed by atoms with Crippen LogP contribution in [0, 0.1) is 0 Å². The summed E-state index contributed by atoms with van der Waals surface area (Å²) in [5, 5.41) is 14.8. The molecule has 162 valence electrons. The van der Waals surface area contributed by atoms with Crippen LogP contribution in [0.2, 0.25) is 5.02 Å². The van der Waals surface area contributed by atoms with Crippen molar-refractivity contribution in [1.29, 1.82) is 0 Å². The van der Waals surface area contributed by atoms with E-state index in [2.05, 4.69) is 10.6 Å². The smallest absolute Gasteiger partial charge is 0.326 e. The summed E-state index contributed by atoms with van der Waals surface area (Å²) in [6.45, 7) is 0.633. The highest BCUT2D eigenvalue weighted by Crippen LogP contribution is 2.21. The van der Waals surface area contributed by atoms with E-state index in [1.165, 1.54) is 12.1 Å². The van der Waals surface area contributed by atoms with Crippen LogP contribution in [-0.4, -0.2) is 41.4 Å². The van der Waals surface area contributed by atoms with Crippen LogP contribution >= 0.6 is 11.6 Å². The second-order valence-electron chi connectivity index (χ2n) is 7.17. The molecule has 0 saturated carbocycles. The number of piperidine rings is 1. The van der Waals surface area contributed by atoms with E-state index in [1.54, 1.807) is 41.3 Å². The molecule has 1 aliphatic heterocycles. The number of hydrogen-bond acceptors (Lipinski definition) is 4. The highest BCUT2D eigenvalue weighted by atomic mass is 35.5. The normalized spacial score (nSPS) is 14.6. The van der Waals surface area contributed by atoms with E-state index in [9.17, 15) is 24.3 Å². The van der Waals surface area contributed by atoms with Gasteiger partial charge in [0.25, 0.3) is 5.91 Å². The van der Waals surface area contributed by atoms with Crippen molar-refractivity contribution in [2.24, 2.45) is 0 Å². The number of rotatable bonds is 7. The molecule has 2 aromatic rings. The first-order chi connectivity index (χ1) is 14.8. The number of carboxylic acid groups (broad SMARTS) is 1. The van der Waals surface area contributed by atoms with Gasteiger partial charge in [0, 0.05) is 34.9 Å². The first-order valence-corrected chi connectivity index (χ1v) is 10.2. The number of carbonyl (C=O) groups is 4. The largest absolute Gasteiger partial charge is 0.480 e. The number of halogens is 1. The molecule has 0 aromatic heterocycles. The van der Waals surface area contributed by atoms with Gasteiger partial charge >= 0.3 is 5.97 Å². The maximum absolute atomic E-state index is 12.5. The Labute approximate surface area is 184 Å². The third-order valence-electron chi connectivity index (χ3n) is 4.89. The van der Waals surface area contributed by atoms with Crippen molar-refractivity contribution in [2.45, 2.75) is 31.7 Å². The van der Waals surface area contributed by atoms with Crippen LogP contribution in [0.1, 0.15) is 36.0 Å². The molecule has 2 aromatic carbocycles. The van der Waals surface area contributed by atoms with Gasteiger partial charge < -0.3 is 20.6 Å². The molecule has 1 aliphatic rings. The van der Waals surface area contributed by atoms with Crippen molar-refractivity contribution in [3.05, 3.63) is 59.1 Å². The molecule has 1 heterocycles. The van der Waals surface area contributed by atoms with E-state index >= 15 is 0 Å². The minimum atomic E-state index is -1.40. The van der Waals surface area contributed by atoms with Gasteiger partial charge in [-0.2, -0.15) is 0 Å². The summed E-state index contributed by atoms with van der Waals surface area (Å²) in [4.78, 5) is 49.9. The van der Waals surface area contributed by atoms with Crippen molar-refractivity contribution in [3.8, 4) is 0 Å². The molecule has 1 unspecified atom stereocenters. The van der Waals surface area contributed by atoms with E-state index < -0.39 is 30.2 Å². The molecule has 1 atom stereocenters. The lowest BCUT2D eigenvalue weighted by molar-refractivity contribution is -0.140. The van der Waals surface area contributed by atoms with Gasteiger partial charge in [-0.25, -0.2) is 4.79 Å². The number of hydrogen-bond donors (Lipinski definition) is 3. The van der Waals surface area contributed by atoms with E-state index in [0.29, 0.717) is 29.4 Å². The zero-order valence-corrected chi connectivity index (χ0v) is 17.4. The molecule has 0 aliphatic carbocycles. The highest BCUT2D eigenvalue weighted by molar-refractivity contribution is 6.30. The predicted octanol–water partition coefficient (Wildman–Crippen LogP) is 3.07. The summed E-state index contributed by atoms with van der Waals surface area (Å²) in [6, 6.07) is 11.3. The van der Waals surface area contributed by atoms with Crippen LogP contribution in [0.5, 0.6) is 0 Å². The number of benzene rings is 2. The minimum absolute atomic E-state index is 0.0427. The average molecular weight is 444 g/mol. The molecule has 0 radical (unpaired) electrons. The fourth-order valence-electron chi connectivity index (χ4n) is 3.24. The Bertz CT molecular complexity index is 976. The maximum Gasteiger partial charge on any atom is 0.326 e. The summed E-state index contributed by atoms with van der Waals surface area (Å²) in [5.74, 6) is -2.46. The van der Waals surface area contributed by atoms with Gasteiger partial charge in [0.1, 0.15) is 6.04 Å². The van der Waals surface area contributed by atoms with Crippen LogP contribution < -0.4 is 15.5 Å². The molecule has 0 spiro atoms. The van der Waals surface area contributed by atoms with Crippen molar-refractivity contribution < 1.29 is 24.3 Å². The third-order valence-corrected chi connectivity index (χ3v) is 5.14. The minimum Gasteiger partial charge on any atom is -0.480 e. The molecule has 8 nitrogen and oxygen atoms in total. The number of amides is 3. The van der Waals surface area contributed by atoms with E-state index in [0.717, 1.165) is 12.8 Å². The van der Waals surface area contributed by atoms with E-state index in [4.69, 9.17) is 11.6 Å². The Morgan fingerprint density at radius 1 is 1.03 bits per heavy atom. The summed E-state index contributed by atoms with van der Waals surface area (Å²) in [7, 11) is 0. The van der Waals surface area contributed by atoms with E-state index in [1.807, 2.05) is 0 Å². The number of anilines is 2. The Morgan fingerprint density at radius 2 is 1.71 bits per heavy atom. The van der Waals surface area contributed by atoms with Gasteiger partial charge in [-0.15, -0.1) is 0 Å².